The Balaban J connectivity index is 3.13. The SMILES string of the molecule is CCOc1ccc(S(=O)(=O)F)cc1Cl. The lowest BCUT2D eigenvalue weighted by molar-refractivity contribution is 0.340. The average Bonchev–Trinajstić information content (AvgIpc) is 2.07. The van der Waals surface area contributed by atoms with E-state index in [-0.39, 0.29) is 5.02 Å². The molecule has 0 aromatic heterocycles. The standard InChI is InChI=1S/C8H8ClFO3S/c1-2-13-8-4-3-6(5-7(8)9)14(10,11)12/h3-5H,2H2,1H3. The molecule has 0 aliphatic rings. The van der Waals surface area contributed by atoms with Crippen molar-refractivity contribution in [1.82, 2.24) is 0 Å². The third-order valence-electron chi connectivity index (χ3n) is 1.48. The molecule has 0 atom stereocenters. The summed E-state index contributed by atoms with van der Waals surface area (Å²) in [6.07, 6.45) is 0. The van der Waals surface area contributed by atoms with E-state index < -0.39 is 15.1 Å². The highest BCUT2D eigenvalue weighted by atomic mass is 35.5. The maximum absolute atomic E-state index is 12.5. The number of halogens is 2. The molecule has 0 saturated carbocycles. The van der Waals surface area contributed by atoms with Gasteiger partial charge in [0.1, 0.15) is 10.6 Å². The van der Waals surface area contributed by atoms with Crippen LogP contribution in [0.5, 0.6) is 5.75 Å². The molecule has 0 spiro atoms. The van der Waals surface area contributed by atoms with Crippen LogP contribution in [0.1, 0.15) is 6.92 Å². The fraction of sp³-hybridized carbons (Fsp3) is 0.250. The molecule has 14 heavy (non-hydrogen) atoms. The number of ether oxygens (including phenoxy) is 1. The van der Waals surface area contributed by atoms with Crippen LogP contribution in [0.15, 0.2) is 23.1 Å². The third-order valence-corrected chi connectivity index (χ3v) is 2.60. The van der Waals surface area contributed by atoms with E-state index in [2.05, 4.69) is 0 Å². The smallest absolute Gasteiger partial charge is 0.332 e. The Kier molecular flexibility index (Phi) is 3.34. The van der Waals surface area contributed by atoms with Gasteiger partial charge in [0, 0.05) is 0 Å². The van der Waals surface area contributed by atoms with Crippen molar-refractivity contribution in [2.24, 2.45) is 0 Å². The first-order chi connectivity index (χ1) is 6.45. The summed E-state index contributed by atoms with van der Waals surface area (Å²) in [5.41, 5.74) is 0. The van der Waals surface area contributed by atoms with Crippen molar-refractivity contribution >= 4 is 21.8 Å². The molecule has 6 heteroatoms. The van der Waals surface area contributed by atoms with E-state index in [1.54, 1.807) is 6.92 Å². The molecule has 0 amide bonds. The van der Waals surface area contributed by atoms with Crippen molar-refractivity contribution in [2.45, 2.75) is 11.8 Å². The molecule has 0 saturated heterocycles. The van der Waals surface area contributed by atoms with Crippen LogP contribution in [-0.2, 0) is 10.2 Å². The molecule has 0 N–H and O–H groups in total. The zero-order valence-corrected chi connectivity index (χ0v) is 8.90. The lowest BCUT2D eigenvalue weighted by Crippen LogP contribution is -1.95. The Morgan fingerprint density at radius 1 is 1.50 bits per heavy atom. The minimum Gasteiger partial charge on any atom is -0.492 e. The predicted molar refractivity (Wildman–Crippen MR) is 50.9 cm³/mol. The van der Waals surface area contributed by atoms with Gasteiger partial charge in [0.25, 0.3) is 0 Å². The van der Waals surface area contributed by atoms with Crippen LogP contribution in [0.3, 0.4) is 0 Å². The summed E-state index contributed by atoms with van der Waals surface area (Å²) in [6, 6.07) is 3.44. The minimum atomic E-state index is -4.70. The van der Waals surface area contributed by atoms with Gasteiger partial charge in [-0.05, 0) is 25.1 Å². The number of rotatable bonds is 3. The zero-order chi connectivity index (χ0) is 10.8. The highest BCUT2D eigenvalue weighted by Gasteiger charge is 2.13. The Morgan fingerprint density at radius 3 is 2.57 bits per heavy atom. The van der Waals surface area contributed by atoms with Gasteiger partial charge in [-0.15, -0.1) is 3.89 Å². The lowest BCUT2D eigenvalue weighted by atomic mass is 10.3. The van der Waals surface area contributed by atoms with E-state index >= 15 is 0 Å². The van der Waals surface area contributed by atoms with Gasteiger partial charge in [0.2, 0.25) is 0 Å². The van der Waals surface area contributed by atoms with Crippen molar-refractivity contribution in [2.75, 3.05) is 6.61 Å². The van der Waals surface area contributed by atoms with E-state index in [1.165, 1.54) is 6.07 Å². The number of hydrogen-bond donors (Lipinski definition) is 0. The Hall–Kier alpha value is -0.810. The normalized spacial score (nSPS) is 11.4. The first kappa shape index (κ1) is 11.3. The topological polar surface area (TPSA) is 43.4 Å². The molecule has 1 rings (SSSR count). The molecule has 0 bridgehead atoms. The fourth-order valence-electron chi connectivity index (χ4n) is 0.906. The Morgan fingerprint density at radius 2 is 2.14 bits per heavy atom. The molecule has 0 unspecified atom stereocenters. The molecule has 0 radical (unpaired) electrons. The van der Waals surface area contributed by atoms with Crippen LogP contribution in [-0.4, -0.2) is 15.0 Å². The quantitative estimate of drug-likeness (QED) is 0.760. The minimum absolute atomic E-state index is 0.0746. The molecule has 78 valence electrons. The Bertz CT molecular complexity index is 430. The number of hydrogen-bond acceptors (Lipinski definition) is 3. The fourth-order valence-corrected chi connectivity index (χ4v) is 1.69. The molecule has 0 heterocycles. The Labute approximate surface area is 86.7 Å². The van der Waals surface area contributed by atoms with Gasteiger partial charge in [-0.25, -0.2) is 0 Å². The maximum atomic E-state index is 12.5. The van der Waals surface area contributed by atoms with Gasteiger partial charge in [0.15, 0.2) is 0 Å². The first-order valence-corrected chi connectivity index (χ1v) is 5.58. The largest absolute Gasteiger partial charge is 0.492 e. The van der Waals surface area contributed by atoms with Crippen LogP contribution in [0.25, 0.3) is 0 Å². The van der Waals surface area contributed by atoms with Gasteiger partial charge >= 0.3 is 10.2 Å². The molecule has 3 nitrogen and oxygen atoms in total. The summed E-state index contributed by atoms with van der Waals surface area (Å²) in [4.78, 5) is -0.467. The van der Waals surface area contributed by atoms with Crippen LogP contribution in [0, 0.1) is 0 Å². The second-order valence-corrected chi connectivity index (χ2v) is 4.22. The molecular formula is C8H8ClFO3S. The third kappa shape index (κ3) is 2.59. The second-order valence-electron chi connectivity index (χ2n) is 2.46. The van der Waals surface area contributed by atoms with Gasteiger partial charge < -0.3 is 4.74 Å². The van der Waals surface area contributed by atoms with Gasteiger partial charge in [0.05, 0.1) is 11.6 Å². The maximum Gasteiger partial charge on any atom is 0.332 e. The van der Waals surface area contributed by atoms with E-state index in [0.29, 0.717) is 12.4 Å². The van der Waals surface area contributed by atoms with Crippen molar-refractivity contribution in [3.8, 4) is 5.75 Å². The lowest BCUT2D eigenvalue weighted by Gasteiger charge is -2.05. The van der Waals surface area contributed by atoms with Crippen molar-refractivity contribution in [3.63, 3.8) is 0 Å². The summed E-state index contributed by atoms with van der Waals surface area (Å²) in [5.74, 6) is 0.335. The van der Waals surface area contributed by atoms with Gasteiger partial charge in [-0.3, -0.25) is 0 Å². The van der Waals surface area contributed by atoms with Crippen LogP contribution in [0.4, 0.5) is 3.89 Å². The molecule has 0 aliphatic heterocycles. The predicted octanol–water partition coefficient (Wildman–Crippen LogP) is 2.40. The van der Waals surface area contributed by atoms with Crippen LogP contribution >= 0.6 is 11.6 Å². The summed E-state index contributed by atoms with van der Waals surface area (Å²) in [7, 11) is -4.70. The second kappa shape index (κ2) is 4.14. The van der Waals surface area contributed by atoms with Crippen molar-refractivity contribution in [3.05, 3.63) is 23.2 Å². The van der Waals surface area contributed by atoms with Crippen LogP contribution < -0.4 is 4.74 Å². The van der Waals surface area contributed by atoms with E-state index in [1.807, 2.05) is 0 Å². The summed E-state index contributed by atoms with van der Waals surface area (Å²) in [6.45, 7) is 2.16. The van der Waals surface area contributed by atoms with E-state index in [4.69, 9.17) is 16.3 Å². The highest BCUT2D eigenvalue weighted by molar-refractivity contribution is 7.86. The number of benzene rings is 1. The van der Waals surface area contributed by atoms with Crippen molar-refractivity contribution < 1.29 is 17.0 Å². The van der Waals surface area contributed by atoms with Gasteiger partial charge in [-0.1, -0.05) is 11.6 Å². The molecule has 1 aromatic rings. The van der Waals surface area contributed by atoms with Crippen LogP contribution in [0.2, 0.25) is 5.02 Å². The van der Waals surface area contributed by atoms with E-state index in [9.17, 15) is 12.3 Å². The zero-order valence-electron chi connectivity index (χ0n) is 7.33. The molecule has 0 aliphatic carbocycles. The first-order valence-electron chi connectivity index (χ1n) is 3.82. The molecule has 0 fully saturated rings. The molecule has 1 aromatic carbocycles. The summed E-state index contributed by atoms with van der Waals surface area (Å²) >= 11 is 5.66. The summed E-state index contributed by atoms with van der Waals surface area (Å²) < 4.78 is 38.5. The van der Waals surface area contributed by atoms with Crippen molar-refractivity contribution in [1.29, 1.82) is 0 Å². The van der Waals surface area contributed by atoms with E-state index in [0.717, 1.165) is 12.1 Å². The highest BCUT2D eigenvalue weighted by Crippen LogP contribution is 2.27. The molecular weight excluding hydrogens is 231 g/mol. The summed E-state index contributed by atoms with van der Waals surface area (Å²) in [5, 5.41) is 0.0746. The van der Waals surface area contributed by atoms with Gasteiger partial charge in [-0.2, -0.15) is 8.42 Å². The monoisotopic (exact) mass is 238 g/mol. The average molecular weight is 239 g/mol.